The van der Waals surface area contributed by atoms with Crippen LogP contribution in [-0.2, 0) is 0 Å². The van der Waals surface area contributed by atoms with E-state index in [1.165, 1.54) is 19.3 Å². The molecule has 0 amide bonds. The van der Waals surface area contributed by atoms with Crippen LogP contribution in [0.1, 0.15) is 59.3 Å². The van der Waals surface area contributed by atoms with E-state index in [0.717, 1.165) is 19.3 Å². The van der Waals surface area contributed by atoms with Crippen molar-refractivity contribution >= 4 is 0 Å². The summed E-state index contributed by atoms with van der Waals surface area (Å²) in [5.74, 6) is 0.645. The summed E-state index contributed by atoms with van der Waals surface area (Å²) >= 11 is 0. The summed E-state index contributed by atoms with van der Waals surface area (Å²) in [5, 5.41) is 23.3. The average molecular weight is 243 g/mol. The maximum Gasteiger partial charge on any atom is 0.107 e. The molecule has 2 unspecified atom stereocenters. The predicted molar refractivity (Wildman–Crippen MR) is 70.6 cm³/mol. The van der Waals surface area contributed by atoms with Gasteiger partial charge in [-0.25, -0.2) is 0 Å². The first-order valence-electron chi connectivity index (χ1n) is 7.18. The van der Waals surface area contributed by atoms with E-state index in [1.54, 1.807) is 0 Å². The van der Waals surface area contributed by atoms with E-state index in [1.807, 2.05) is 13.8 Å². The highest BCUT2D eigenvalue weighted by atomic mass is 16.3. The third kappa shape index (κ3) is 4.57. The molecule has 3 N–H and O–H groups in total. The molecule has 0 bridgehead atoms. The summed E-state index contributed by atoms with van der Waals surface area (Å²) in [6.45, 7) is 6.07. The number of aliphatic hydroxyl groups is 2. The summed E-state index contributed by atoms with van der Waals surface area (Å²) in [6, 6.07) is -0.0258. The maximum atomic E-state index is 10.3. The first kappa shape index (κ1) is 14.9. The van der Waals surface area contributed by atoms with Crippen molar-refractivity contribution in [3.63, 3.8) is 0 Å². The Labute approximate surface area is 106 Å². The van der Waals surface area contributed by atoms with Gasteiger partial charge in [0.05, 0.1) is 6.10 Å². The molecular formula is C14H29NO2. The molecular weight excluding hydrogens is 214 g/mol. The standard InChI is InChI=1S/C14H29NO2/c1-4-10(2)14(17)15-11(3)13(16)12-8-6-5-7-9-12/h10-17H,4-9H2,1-3H3/t10?,11-,13+,14?/m1/s1. The summed E-state index contributed by atoms with van der Waals surface area (Å²) in [4.78, 5) is 0. The Morgan fingerprint density at radius 2 is 1.71 bits per heavy atom. The van der Waals surface area contributed by atoms with Crippen molar-refractivity contribution in [3.8, 4) is 0 Å². The SMILES string of the molecule is CCC(C)C(O)N[C@H](C)[C@H](O)C1CCCCC1. The van der Waals surface area contributed by atoms with Crippen LogP contribution in [0.25, 0.3) is 0 Å². The average Bonchev–Trinajstić information content (AvgIpc) is 2.37. The van der Waals surface area contributed by atoms with E-state index in [9.17, 15) is 10.2 Å². The first-order chi connectivity index (χ1) is 8.06. The van der Waals surface area contributed by atoms with Crippen LogP contribution in [0.5, 0.6) is 0 Å². The van der Waals surface area contributed by atoms with Gasteiger partial charge < -0.3 is 10.2 Å². The fourth-order valence-corrected chi connectivity index (χ4v) is 2.64. The zero-order valence-electron chi connectivity index (χ0n) is 11.5. The largest absolute Gasteiger partial charge is 0.391 e. The molecule has 0 aromatic rings. The van der Waals surface area contributed by atoms with Gasteiger partial charge in [0.25, 0.3) is 0 Å². The molecule has 1 fully saturated rings. The van der Waals surface area contributed by atoms with Gasteiger partial charge >= 0.3 is 0 Å². The van der Waals surface area contributed by atoms with E-state index < -0.39 is 6.23 Å². The van der Waals surface area contributed by atoms with Crippen LogP contribution in [-0.4, -0.2) is 28.6 Å². The molecule has 102 valence electrons. The lowest BCUT2D eigenvalue weighted by Crippen LogP contribution is -2.48. The third-order valence-electron chi connectivity index (χ3n) is 4.26. The highest BCUT2D eigenvalue weighted by Gasteiger charge is 2.27. The molecule has 3 heteroatoms. The lowest BCUT2D eigenvalue weighted by Gasteiger charge is -2.33. The topological polar surface area (TPSA) is 52.5 Å². The molecule has 1 aliphatic rings. The molecule has 1 saturated carbocycles. The minimum Gasteiger partial charge on any atom is -0.391 e. The first-order valence-corrected chi connectivity index (χ1v) is 7.18. The Balaban J connectivity index is 2.37. The van der Waals surface area contributed by atoms with Crippen LogP contribution in [0.15, 0.2) is 0 Å². The zero-order valence-corrected chi connectivity index (χ0v) is 11.5. The second kappa shape index (κ2) is 7.34. The minimum atomic E-state index is -0.506. The van der Waals surface area contributed by atoms with Gasteiger partial charge in [-0.05, 0) is 38.0 Å². The summed E-state index contributed by atoms with van der Waals surface area (Å²) in [5.41, 5.74) is 0. The van der Waals surface area contributed by atoms with E-state index in [4.69, 9.17) is 0 Å². The minimum absolute atomic E-state index is 0.0258. The normalized spacial score (nSPS) is 25.2. The van der Waals surface area contributed by atoms with Gasteiger partial charge in [-0.15, -0.1) is 0 Å². The Kier molecular flexibility index (Phi) is 6.45. The second-order valence-electron chi connectivity index (χ2n) is 5.67. The lowest BCUT2D eigenvalue weighted by atomic mass is 9.83. The predicted octanol–water partition coefficient (Wildman–Crippen LogP) is 2.27. The van der Waals surface area contributed by atoms with E-state index in [2.05, 4.69) is 12.2 Å². The third-order valence-corrected chi connectivity index (χ3v) is 4.26. The highest BCUT2D eigenvalue weighted by Crippen LogP contribution is 2.27. The van der Waals surface area contributed by atoms with Crippen LogP contribution in [0.4, 0.5) is 0 Å². The fraction of sp³-hybridized carbons (Fsp3) is 1.00. The van der Waals surface area contributed by atoms with Crippen LogP contribution in [0.3, 0.4) is 0 Å². The maximum absolute atomic E-state index is 10.3. The Morgan fingerprint density at radius 3 is 2.24 bits per heavy atom. The molecule has 0 saturated heterocycles. The van der Waals surface area contributed by atoms with Crippen molar-refractivity contribution in [2.45, 2.75) is 77.7 Å². The fourth-order valence-electron chi connectivity index (χ4n) is 2.64. The van der Waals surface area contributed by atoms with Crippen molar-refractivity contribution in [3.05, 3.63) is 0 Å². The van der Waals surface area contributed by atoms with Crippen LogP contribution >= 0.6 is 0 Å². The van der Waals surface area contributed by atoms with Crippen LogP contribution in [0.2, 0.25) is 0 Å². The zero-order chi connectivity index (χ0) is 12.8. The van der Waals surface area contributed by atoms with Gasteiger partial charge in [-0.2, -0.15) is 0 Å². The molecule has 4 atom stereocenters. The Morgan fingerprint density at radius 1 is 1.12 bits per heavy atom. The van der Waals surface area contributed by atoms with Gasteiger partial charge in [-0.1, -0.05) is 33.1 Å². The highest BCUT2D eigenvalue weighted by molar-refractivity contribution is 4.82. The van der Waals surface area contributed by atoms with Crippen LogP contribution in [0, 0.1) is 11.8 Å². The van der Waals surface area contributed by atoms with Crippen molar-refractivity contribution in [2.75, 3.05) is 0 Å². The molecule has 0 aromatic heterocycles. The number of rotatable bonds is 6. The van der Waals surface area contributed by atoms with Crippen LogP contribution < -0.4 is 5.32 Å². The summed E-state index contributed by atoms with van der Waals surface area (Å²) in [6.07, 6.45) is 6.16. The molecule has 0 heterocycles. The monoisotopic (exact) mass is 243 g/mol. The molecule has 0 aliphatic heterocycles. The molecule has 0 aromatic carbocycles. The molecule has 1 aliphatic carbocycles. The number of nitrogens with one attached hydrogen (secondary N) is 1. The Bertz CT molecular complexity index is 204. The van der Waals surface area contributed by atoms with E-state index in [-0.39, 0.29) is 18.1 Å². The number of hydrogen-bond donors (Lipinski definition) is 3. The van der Waals surface area contributed by atoms with Gasteiger partial charge in [0.2, 0.25) is 0 Å². The number of hydrogen-bond acceptors (Lipinski definition) is 3. The second-order valence-corrected chi connectivity index (χ2v) is 5.67. The summed E-state index contributed by atoms with van der Waals surface area (Å²) in [7, 11) is 0. The van der Waals surface area contributed by atoms with Gasteiger partial charge in [0, 0.05) is 6.04 Å². The van der Waals surface area contributed by atoms with Crippen molar-refractivity contribution < 1.29 is 10.2 Å². The molecule has 1 rings (SSSR count). The molecule has 3 nitrogen and oxygen atoms in total. The van der Waals surface area contributed by atoms with E-state index >= 15 is 0 Å². The molecule has 0 spiro atoms. The molecule has 17 heavy (non-hydrogen) atoms. The van der Waals surface area contributed by atoms with Gasteiger partial charge in [0.15, 0.2) is 0 Å². The van der Waals surface area contributed by atoms with Crippen molar-refractivity contribution in [2.24, 2.45) is 11.8 Å². The molecule has 0 radical (unpaired) electrons. The van der Waals surface area contributed by atoms with Crippen molar-refractivity contribution in [1.82, 2.24) is 5.32 Å². The van der Waals surface area contributed by atoms with Crippen molar-refractivity contribution in [1.29, 1.82) is 0 Å². The number of aliphatic hydroxyl groups excluding tert-OH is 2. The smallest absolute Gasteiger partial charge is 0.107 e. The summed E-state index contributed by atoms with van der Waals surface area (Å²) < 4.78 is 0. The van der Waals surface area contributed by atoms with Gasteiger partial charge in [0.1, 0.15) is 6.23 Å². The van der Waals surface area contributed by atoms with E-state index in [0.29, 0.717) is 5.92 Å². The Hall–Kier alpha value is -0.120. The quantitative estimate of drug-likeness (QED) is 0.627. The lowest BCUT2D eigenvalue weighted by molar-refractivity contribution is 0.00992. The van der Waals surface area contributed by atoms with Gasteiger partial charge in [-0.3, -0.25) is 5.32 Å².